The molecule has 0 saturated carbocycles. The van der Waals surface area contributed by atoms with Crippen LogP contribution in [0.15, 0.2) is 140 Å². The zero-order valence-corrected chi connectivity index (χ0v) is 24.8. The van der Waals surface area contributed by atoms with Crippen LogP contribution in [0, 0.1) is 5.92 Å². The molecule has 0 aliphatic heterocycles. The van der Waals surface area contributed by atoms with Crippen LogP contribution < -0.4 is 0 Å². The summed E-state index contributed by atoms with van der Waals surface area (Å²) < 4.78 is 4.68. The third-order valence-electron chi connectivity index (χ3n) is 8.91. The van der Waals surface area contributed by atoms with Crippen LogP contribution in [0.25, 0.3) is 78.0 Å². The lowest BCUT2D eigenvalue weighted by atomic mass is 10.0. The smallest absolute Gasteiger partial charge is 0.238 e. The molecule has 0 amide bonds. The maximum absolute atomic E-state index is 5.19. The highest BCUT2D eigenvalue weighted by atomic mass is 15.2. The van der Waals surface area contributed by atoms with E-state index < -0.39 is 0 Å². The van der Waals surface area contributed by atoms with E-state index in [1.54, 1.807) is 0 Å². The minimum Gasteiger partial charge on any atom is -0.308 e. The normalized spacial score (nSPS) is 15.0. The van der Waals surface area contributed by atoms with Crippen molar-refractivity contribution < 1.29 is 0 Å². The van der Waals surface area contributed by atoms with E-state index in [9.17, 15) is 0 Å². The van der Waals surface area contributed by atoms with Crippen LogP contribution in [0.4, 0.5) is 0 Å². The molecule has 8 aromatic rings. The molecule has 1 aliphatic rings. The molecular weight excluding hydrogens is 550 g/mol. The van der Waals surface area contributed by atoms with Crippen LogP contribution in [0.3, 0.4) is 0 Å². The van der Waals surface area contributed by atoms with Gasteiger partial charge in [-0.1, -0.05) is 128 Å². The first-order chi connectivity index (χ1) is 22.2. The number of rotatable bonds is 4. The van der Waals surface area contributed by atoms with Crippen LogP contribution in [-0.2, 0) is 0 Å². The topological polar surface area (TPSA) is 48.5 Å². The van der Waals surface area contributed by atoms with Crippen molar-refractivity contribution in [3.05, 3.63) is 140 Å². The fourth-order valence-corrected chi connectivity index (χ4v) is 6.76. The van der Waals surface area contributed by atoms with E-state index in [2.05, 4.69) is 119 Å². The van der Waals surface area contributed by atoms with Gasteiger partial charge in [-0.2, -0.15) is 9.97 Å². The van der Waals surface area contributed by atoms with Gasteiger partial charge in [0.1, 0.15) is 0 Å². The average Bonchev–Trinajstić information content (AvgIpc) is 3.62. The van der Waals surface area contributed by atoms with Crippen molar-refractivity contribution in [2.75, 3.05) is 0 Å². The van der Waals surface area contributed by atoms with E-state index in [4.69, 9.17) is 15.0 Å². The lowest BCUT2D eigenvalue weighted by Gasteiger charge is -2.16. The predicted octanol–water partition coefficient (Wildman–Crippen LogP) is 9.85. The van der Waals surface area contributed by atoms with Crippen molar-refractivity contribution >= 4 is 49.3 Å². The van der Waals surface area contributed by atoms with Crippen molar-refractivity contribution in [2.45, 2.75) is 13.3 Å². The molecule has 5 nitrogen and oxygen atoms in total. The van der Waals surface area contributed by atoms with Gasteiger partial charge in [0, 0.05) is 38.4 Å². The van der Waals surface area contributed by atoms with Crippen LogP contribution in [0.2, 0.25) is 0 Å². The molecule has 0 N–H and O–H groups in total. The summed E-state index contributed by atoms with van der Waals surface area (Å²) in [6.45, 7) is 2.27. The summed E-state index contributed by atoms with van der Waals surface area (Å²) in [5.41, 5.74) is 7.57. The van der Waals surface area contributed by atoms with Crippen LogP contribution in [0.1, 0.15) is 13.3 Å². The van der Waals surface area contributed by atoms with E-state index in [0.29, 0.717) is 23.5 Å². The Morgan fingerprint density at radius 3 is 1.60 bits per heavy atom. The molecule has 0 fully saturated rings. The Morgan fingerprint density at radius 1 is 0.533 bits per heavy atom. The van der Waals surface area contributed by atoms with Gasteiger partial charge in [0.15, 0.2) is 11.6 Å². The molecule has 45 heavy (non-hydrogen) atoms. The Morgan fingerprint density at radius 2 is 1.04 bits per heavy atom. The Hall–Kier alpha value is -5.81. The molecule has 0 bridgehead atoms. The quantitative estimate of drug-likeness (QED) is 0.208. The Kier molecular flexibility index (Phi) is 5.78. The Balaban J connectivity index is 1.45. The van der Waals surface area contributed by atoms with Gasteiger partial charge in [-0.25, -0.2) is 4.98 Å². The predicted molar refractivity (Wildman–Crippen MR) is 185 cm³/mol. The molecule has 0 saturated heterocycles. The third-order valence-corrected chi connectivity index (χ3v) is 8.91. The zero-order valence-electron chi connectivity index (χ0n) is 24.8. The van der Waals surface area contributed by atoms with Crippen molar-refractivity contribution in [3.63, 3.8) is 0 Å². The van der Waals surface area contributed by atoms with E-state index in [1.165, 1.54) is 27.4 Å². The summed E-state index contributed by atoms with van der Waals surface area (Å²) in [5.74, 6) is 2.40. The van der Waals surface area contributed by atoms with Crippen LogP contribution >= 0.6 is 0 Å². The maximum atomic E-state index is 5.19. The zero-order chi connectivity index (χ0) is 29.9. The van der Waals surface area contributed by atoms with Crippen molar-refractivity contribution in [1.29, 1.82) is 0 Å². The van der Waals surface area contributed by atoms with Gasteiger partial charge in [0.2, 0.25) is 5.95 Å². The maximum Gasteiger partial charge on any atom is 0.238 e. The van der Waals surface area contributed by atoms with Crippen molar-refractivity contribution in [3.8, 4) is 28.7 Å². The molecule has 0 spiro atoms. The molecule has 3 heterocycles. The average molecular weight is 580 g/mol. The van der Waals surface area contributed by atoms with E-state index >= 15 is 0 Å². The van der Waals surface area contributed by atoms with Gasteiger partial charge in [0.25, 0.3) is 0 Å². The first kappa shape index (κ1) is 25.7. The Labute approximate surface area is 260 Å². The lowest BCUT2D eigenvalue weighted by molar-refractivity contribution is 0.735. The fourth-order valence-electron chi connectivity index (χ4n) is 6.76. The molecule has 9 rings (SSSR count). The van der Waals surface area contributed by atoms with E-state index in [0.717, 1.165) is 39.5 Å². The minimum absolute atomic E-state index is 0.520. The van der Waals surface area contributed by atoms with Gasteiger partial charge in [0.05, 0.1) is 22.1 Å². The van der Waals surface area contributed by atoms with Crippen molar-refractivity contribution in [2.24, 2.45) is 5.92 Å². The molecule has 3 aromatic heterocycles. The Bertz CT molecular complexity index is 2410. The second-order valence-electron chi connectivity index (χ2n) is 11.8. The fraction of sp³-hybridized carbons (Fsp3) is 0.0750. The number of hydrogen-bond acceptors (Lipinski definition) is 3. The molecule has 214 valence electrons. The van der Waals surface area contributed by atoms with Gasteiger partial charge < -0.3 is 4.57 Å². The molecule has 1 aliphatic carbocycles. The number of allylic oxidation sites excluding steroid dienone is 4. The van der Waals surface area contributed by atoms with Crippen molar-refractivity contribution in [1.82, 2.24) is 24.1 Å². The van der Waals surface area contributed by atoms with E-state index in [-0.39, 0.29) is 0 Å². The first-order valence-corrected chi connectivity index (χ1v) is 15.5. The minimum atomic E-state index is 0.520. The monoisotopic (exact) mass is 579 g/mol. The second-order valence-corrected chi connectivity index (χ2v) is 11.8. The summed E-state index contributed by atoms with van der Waals surface area (Å²) >= 11 is 0. The SMILES string of the molecule is CC1C=CC(n2c3ccccc3c3ccc4c5ccccc5n(-c5nc(-c6ccccc6)nc(-c6ccccc6)n5)c4c32)=CC1. The highest BCUT2D eigenvalue weighted by Crippen LogP contribution is 2.42. The lowest BCUT2D eigenvalue weighted by Crippen LogP contribution is -2.07. The molecule has 0 radical (unpaired) electrons. The number of benzene rings is 5. The highest BCUT2D eigenvalue weighted by molar-refractivity contribution is 6.24. The van der Waals surface area contributed by atoms with Gasteiger partial charge in [-0.05, 0) is 30.5 Å². The van der Waals surface area contributed by atoms with E-state index in [1.807, 2.05) is 36.4 Å². The molecule has 1 unspecified atom stereocenters. The van der Waals surface area contributed by atoms with Crippen LogP contribution in [0.5, 0.6) is 0 Å². The molecule has 1 atom stereocenters. The number of para-hydroxylation sites is 2. The van der Waals surface area contributed by atoms with Gasteiger partial charge >= 0.3 is 0 Å². The molecule has 5 aromatic carbocycles. The first-order valence-electron chi connectivity index (χ1n) is 15.5. The second kappa shape index (κ2) is 10.1. The number of hydrogen-bond donors (Lipinski definition) is 0. The number of fused-ring (bicyclic) bond motifs is 7. The third kappa shape index (κ3) is 4.05. The largest absolute Gasteiger partial charge is 0.308 e. The standard InChI is InChI=1S/C40H29N5/c1-26-20-22-29(23-21-26)44-34-18-10-8-16-30(34)32-24-25-33-31-17-9-11-19-35(31)45(37(33)36(32)44)40-42-38(27-12-4-2-5-13-27)41-39(43-40)28-14-6-3-7-15-28/h2-20,22-26H,21H2,1H3. The number of nitrogens with zero attached hydrogens (tertiary/aromatic N) is 5. The number of aromatic nitrogens is 5. The van der Waals surface area contributed by atoms with Gasteiger partial charge in [-0.3, -0.25) is 4.57 Å². The summed E-state index contributed by atoms with van der Waals surface area (Å²) in [5, 5.41) is 4.76. The highest BCUT2D eigenvalue weighted by Gasteiger charge is 2.23. The summed E-state index contributed by atoms with van der Waals surface area (Å²) in [4.78, 5) is 15.4. The molecular formula is C40H29N5. The summed E-state index contributed by atoms with van der Waals surface area (Å²) in [6.07, 6.45) is 7.96. The molecule has 5 heteroatoms. The summed E-state index contributed by atoms with van der Waals surface area (Å²) in [6, 6.07) is 42.2. The van der Waals surface area contributed by atoms with Gasteiger partial charge in [-0.15, -0.1) is 0 Å². The summed E-state index contributed by atoms with van der Waals surface area (Å²) in [7, 11) is 0. The van der Waals surface area contributed by atoms with Crippen LogP contribution in [-0.4, -0.2) is 24.1 Å².